The summed E-state index contributed by atoms with van der Waals surface area (Å²) >= 11 is 6.19. The summed E-state index contributed by atoms with van der Waals surface area (Å²) in [6, 6.07) is 7.28. The van der Waals surface area contributed by atoms with E-state index < -0.39 is 10.0 Å². The lowest BCUT2D eigenvalue weighted by atomic mass is 9.97. The molecule has 2 heterocycles. The molecule has 3 rings (SSSR count). The summed E-state index contributed by atoms with van der Waals surface area (Å²) in [6.45, 7) is 4.34. The van der Waals surface area contributed by atoms with Gasteiger partial charge in [0.15, 0.2) is 4.34 Å². The number of thioether (sulfide) groups is 1. The maximum absolute atomic E-state index is 12.7. The van der Waals surface area contributed by atoms with Gasteiger partial charge in [-0.25, -0.2) is 12.7 Å². The molecule has 156 valence electrons. The van der Waals surface area contributed by atoms with E-state index in [4.69, 9.17) is 0 Å². The number of carbonyl (C=O) groups excluding carboxylic acids is 1. The van der Waals surface area contributed by atoms with E-state index in [0.717, 1.165) is 20.1 Å². The number of carbonyl (C=O) groups is 1. The van der Waals surface area contributed by atoms with Crippen LogP contribution in [0.4, 0.5) is 5.13 Å². The summed E-state index contributed by atoms with van der Waals surface area (Å²) in [5, 5.41) is 11.3. The molecule has 0 atom stereocenters. The van der Waals surface area contributed by atoms with Gasteiger partial charge in [-0.3, -0.25) is 4.79 Å². The second-order valence-electron chi connectivity index (χ2n) is 6.52. The monoisotopic (exact) mass is 516 g/mol. The van der Waals surface area contributed by atoms with E-state index in [1.54, 1.807) is 18.2 Å². The van der Waals surface area contributed by atoms with Crippen LogP contribution in [0.25, 0.3) is 0 Å². The smallest absolute Gasteiger partial charge is 0.229 e. The Balaban J connectivity index is 1.52. The standard InChI is InChI=1S/C18H21BrN4O3S3/c1-2-10-27-18-22-21-17(28-18)20-16(24)14-6-8-23(9-7-14)29(25,26)12-13-4-3-5-15(19)11-13/h2-5,11,14H,1,6-10,12H2,(H,20,21,24). The van der Waals surface area contributed by atoms with Crippen LogP contribution in [0.1, 0.15) is 18.4 Å². The molecule has 11 heteroatoms. The lowest BCUT2D eigenvalue weighted by Gasteiger charge is -2.30. The summed E-state index contributed by atoms with van der Waals surface area (Å²) in [5.74, 6) is 0.320. The summed E-state index contributed by atoms with van der Waals surface area (Å²) in [6.07, 6.45) is 2.75. The predicted molar refractivity (Wildman–Crippen MR) is 121 cm³/mol. The number of piperidine rings is 1. The van der Waals surface area contributed by atoms with Crippen molar-refractivity contribution in [2.24, 2.45) is 5.92 Å². The van der Waals surface area contributed by atoms with Crippen molar-refractivity contribution in [3.05, 3.63) is 47.0 Å². The highest BCUT2D eigenvalue weighted by molar-refractivity contribution is 9.10. The molecule has 1 N–H and O–H groups in total. The average Bonchev–Trinajstić information content (AvgIpc) is 3.13. The number of nitrogens with zero attached hydrogens (tertiary/aromatic N) is 3. The Morgan fingerprint density at radius 2 is 2.14 bits per heavy atom. The first-order valence-corrected chi connectivity index (χ1v) is 13.2. The molecule has 0 aliphatic carbocycles. The second kappa shape index (κ2) is 10.2. The first-order chi connectivity index (χ1) is 13.9. The minimum atomic E-state index is -3.42. The number of rotatable bonds is 8. The van der Waals surface area contributed by atoms with Gasteiger partial charge in [-0.05, 0) is 30.5 Å². The Labute approximate surface area is 187 Å². The molecule has 29 heavy (non-hydrogen) atoms. The van der Waals surface area contributed by atoms with Crippen LogP contribution in [-0.4, -0.2) is 47.7 Å². The Bertz CT molecular complexity index is 972. The lowest BCUT2D eigenvalue weighted by molar-refractivity contribution is -0.120. The summed E-state index contributed by atoms with van der Waals surface area (Å²) in [7, 11) is -3.42. The van der Waals surface area contributed by atoms with Crippen LogP contribution in [0.3, 0.4) is 0 Å². The highest BCUT2D eigenvalue weighted by Crippen LogP contribution is 2.27. The van der Waals surface area contributed by atoms with Crippen LogP contribution >= 0.6 is 39.0 Å². The molecule has 1 aliphatic rings. The molecule has 1 aromatic carbocycles. The molecule has 0 saturated carbocycles. The largest absolute Gasteiger partial charge is 0.300 e. The Hall–Kier alpha value is -1.27. The minimum Gasteiger partial charge on any atom is -0.300 e. The van der Waals surface area contributed by atoms with E-state index in [9.17, 15) is 13.2 Å². The number of amides is 1. The predicted octanol–water partition coefficient (Wildman–Crippen LogP) is 3.76. The molecule has 0 unspecified atom stereocenters. The Kier molecular flexibility index (Phi) is 7.85. The fourth-order valence-electron chi connectivity index (χ4n) is 2.98. The summed E-state index contributed by atoms with van der Waals surface area (Å²) < 4.78 is 28.5. The lowest BCUT2D eigenvalue weighted by Crippen LogP contribution is -2.41. The molecule has 1 aromatic heterocycles. The van der Waals surface area contributed by atoms with Gasteiger partial charge in [0.2, 0.25) is 21.1 Å². The molecule has 1 aliphatic heterocycles. The van der Waals surface area contributed by atoms with E-state index in [1.165, 1.54) is 27.4 Å². The van der Waals surface area contributed by atoms with Gasteiger partial charge in [-0.2, -0.15) is 0 Å². The number of nitrogens with one attached hydrogen (secondary N) is 1. The molecular formula is C18H21BrN4O3S3. The van der Waals surface area contributed by atoms with Crippen LogP contribution in [0.5, 0.6) is 0 Å². The maximum Gasteiger partial charge on any atom is 0.229 e. The van der Waals surface area contributed by atoms with E-state index in [0.29, 0.717) is 31.1 Å². The van der Waals surface area contributed by atoms with Gasteiger partial charge in [-0.15, -0.1) is 16.8 Å². The first kappa shape index (κ1) is 22.4. The molecule has 7 nitrogen and oxygen atoms in total. The Morgan fingerprint density at radius 3 is 2.83 bits per heavy atom. The van der Waals surface area contributed by atoms with Crippen LogP contribution in [0, 0.1) is 5.92 Å². The third-order valence-corrected chi connectivity index (χ3v) is 8.73. The zero-order valence-electron chi connectivity index (χ0n) is 15.6. The quantitative estimate of drug-likeness (QED) is 0.326. The van der Waals surface area contributed by atoms with Gasteiger partial charge in [0.1, 0.15) is 0 Å². The molecule has 2 aromatic rings. The highest BCUT2D eigenvalue weighted by atomic mass is 79.9. The van der Waals surface area contributed by atoms with Crippen molar-refractivity contribution < 1.29 is 13.2 Å². The normalized spacial score (nSPS) is 15.9. The third kappa shape index (κ3) is 6.35. The molecule has 1 fully saturated rings. The second-order valence-corrected chi connectivity index (χ2v) is 11.7. The van der Waals surface area contributed by atoms with Crippen LogP contribution in [-0.2, 0) is 20.6 Å². The number of anilines is 1. The van der Waals surface area contributed by atoms with Crippen molar-refractivity contribution in [3.8, 4) is 0 Å². The van der Waals surface area contributed by atoms with Crippen molar-refractivity contribution in [1.82, 2.24) is 14.5 Å². The van der Waals surface area contributed by atoms with Crippen molar-refractivity contribution in [1.29, 1.82) is 0 Å². The van der Waals surface area contributed by atoms with Gasteiger partial charge in [0.05, 0.1) is 5.75 Å². The highest BCUT2D eigenvalue weighted by Gasteiger charge is 2.31. The fraction of sp³-hybridized carbons (Fsp3) is 0.389. The molecule has 0 bridgehead atoms. The molecule has 0 radical (unpaired) electrons. The summed E-state index contributed by atoms with van der Waals surface area (Å²) in [4.78, 5) is 12.5. The van der Waals surface area contributed by atoms with Crippen molar-refractivity contribution in [2.45, 2.75) is 22.9 Å². The summed E-state index contributed by atoms with van der Waals surface area (Å²) in [5.41, 5.74) is 0.737. The fourth-order valence-corrected chi connectivity index (χ4v) is 6.49. The van der Waals surface area contributed by atoms with E-state index in [2.05, 4.69) is 38.0 Å². The van der Waals surface area contributed by atoms with E-state index in [1.807, 2.05) is 12.1 Å². The first-order valence-electron chi connectivity index (χ1n) is 8.97. The van der Waals surface area contributed by atoms with Gasteiger partial charge in [0, 0.05) is 29.2 Å². The van der Waals surface area contributed by atoms with Gasteiger partial charge in [0.25, 0.3) is 0 Å². The number of aromatic nitrogens is 2. The topological polar surface area (TPSA) is 92.3 Å². The zero-order chi connectivity index (χ0) is 20.9. The van der Waals surface area contributed by atoms with Crippen molar-refractivity contribution in [2.75, 3.05) is 24.2 Å². The van der Waals surface area contributed by atoms with Crippen LogP contribution in [0.2, 0.25) is 0 Å². The minimum absolute atomic E-state index is 0.0424. The van der Waals surface area contributed by atoms with Gasteiger partial charge < -0.3 is 5.32 Å². The molecule has 1 saturated heterocycles. The van der Waals surface area contributed by atoms with Gasteiger partial charge in [-0.1, -0.05) is 57.2 Å². The van der Waals surface area contributed by atoms with E-state index in [-0.39, 0.29) is 17.6 Å². The molecule has 0 spiro atoms. The van der Waals surface area contributed by atoms with E-state index >= 15 is 0 Å². The third-order valence-electron chi connectivity index (χ3n) is 4.42. The van der Waals surface area contributed by atoms with Crippen LogP contribution in [0.15, 0.2) is 45.7 Å². The number of hydrogen-bond donors (Lipinski definition) is 1. The van der Waals surface area contributed by atoms with Crippen LogP contribution < -0.4 is 5.32 Å². The van der Waals surface area contributed by atoms with Gasteiger partial charge >= 0.3 is 0 Å². The number of sulfonamides is 1. The molecular weight excluding hydrogens is 496 g/mol. The van der Waals surface area contributed by atoms with Crippen molar-refractivity contribution >= 4 is 60.1 Å². The zero-order valence-corrected chi connectivity index (χ0v) is 19.6. The van der Waals surface area contributed by atoms with Crippen molar-refractivity contribution in [3.63, 3.8) is 0 Å². The average molecular weight is 517 g/mol. The Morgan fingerprint density at radius 1 is 1.38 bits per heavy atom. The molecule has 1 amide bonds. The number of halogens is 1. The number of hydrogen-bond acceptors (Lipinski definition) is 7. The maximum atomic E-state index is 12.7. The number of benzene rings is 1. The SMILES string of the molecule is C=CCSc1nnc(NC(=O)C2CCN(S(=O)(=O)Cc3cccc(Br)c3)CC2)s1.